The Morgan fingerprint density at radius 2 is 1.46 bits per heavy atom. The van der Waals surface area contributed by atoms with Crippen molar-refractivity contribution in [3.8, 4) is 0 Å². The van der Waals surface area contributed by atoms with Crippen molar-refractivity contribution >= 4 is 22.1 Å². The molecule has 1 aliphatic carbocycles. The van der Waals surface area contributed by atoms with Crippen molar-refractivity contribution in [1.82, 2.24) is 15.0 Å². The van der Waals surface area contributed by atoms with E-state index < -0.39 is 18.4 Å². The first-order chi connectivity index (χ1) is 11.8. The van der Waals surface area contributed by atoms with E-state index in [2.05, 4.69) is 36.9 Å². The molecule has 4 heteroatoms. The molecule has 0 aromatic carbocycles. The van der Waals surface area contributed by atoms with Crippen molar-refractivity contribution in [3.05, 3.63) is 6.20 Å². The third kappa shape index (κ3) is 5.47. The van der Waals surface area contributed by atoms with E-state index in [9.17, 15) is 0 Å². The molecule has 0 bridgehead atoms. The van der Waals surface area contributed by atoms with Crippen LogP contribution in [0.15, 0.2) is 6.20 Å². The van der Waals surface area contributed by atoms with Gasteiger partial charge in [0.2, 0.25) is 0 Å². The minimum absolute atomic E-state index is 0.632. The summed E-state index contributed by atoms with van der Waals surface area (Å²) in [5.74, 6) is 0. The fourth-order valence-electron chi connectivity index (χ4n) is 4.35. The van der Waals surface area contributed by atoms with Crippen molar-refractivity contribution in [2.24, 2.45) is 0 Å². The summed E-state index contributed by atoms with van der Waals surface area (Å²) < 4.78 is 8.26. The van der Waals surface area contributed by atoms with Crippen molar-refractivity contribution in [1.29, 1.82) is 0 Å². The van der Waals surface area contributed by atoms with Gasteiger partial charge < -0.3 is 0 Å². The second-order valence-corrected chi connectivity index (χ2v) is 21.0. The van der Waals surface area contributed by atoms with Crippen LogP contribution in [-0.4, -0.2) is 33.4 Å². The van der Waals surface area contributed by atoms with Crippen molar-refractivity contribution in [2.45, 2.75) is 111 Å². The molecule has 0 aliphatic heterocycles. The second kappa shape index (κ2) is 10.8. The van der Waals surface area contributed by atoms with Gasteiger partial charge in [0.15, 0.2) is 0 Å². The normalized spacial score (nSPS) is 16.6. The van der Waals surface area contributed by atoms with Crippen LogP contribution < -0.4 is 3.71 Å². The average Bonchev–Trinajstić information content (AvgIpc) is 3.13. The first-order valence-electron chi connectivity index (χ1n) is 10.7. The topological polar surface area (TPSA) is 30.7 Å². The summed E-state index contributed by atoms with van der Waals surface area (Å²) >= 11 is -2.36. The minimum atomic E-state index is -2.36. The molecule has 0 radical (unpaired) electrons. The van der Waals surface area contributed by atoms with Crippen LogP contribution in [0.1, 0.15) is 97.4 Å². The molecule has 3 nitrogen and oxygen atoms in total. The van der Waals surface area contributed by atoms with Gasteiger partial charge in [-0.2, -0.15) is 0 Å². The Balaban J connectivity index is 2.20. The van der Waals surface area contributed by atoms with Crippen LogP contribution in [0.2, 0.25) is 13.3 Å². The predicted molar refractivity (Wildman–Crippen MR) is 107 cm³/mol. The Labute approximate surface area is 153 Å². The predicted octanol–water partition coefficient (Wildman–Crippen LogP) is 5.84. The molecular weight excluding hydrogens is 401 g/mol. The van der Waals surface area contributed by atoms with Gasteiger partial charge in [-0.05, 0) is 0 Å². The summed E-state index contributed by atoms with van der Waals surface area (Å²) in [6.07, 6.45) is 17.4. The summed E-state index contributed by atoms with van der Waals surface area (Å²) in [7, 11) is 0. The van der Waals surface area contributed by atoms with Gasteiger partial charge in [-0.3, -0.25) is 0 Å². The van der Waals surface area contributed by atoms with Gasteiger partial charge >= 0.3 is 154 Å². The van der Waals surface area contributed by atoms with E-state index in [1.165, 1.54) is 87.6 Å². The van der Waals surface area contributed by atoms with Crippen LogP contribution in [0, 0.1) is 0 Å². The number of nitrogens with zero attached hydrogens (tertiary/aromatic N) is 3. The maximum atomic E-state index is 4.83. The van der Waals surface area contributed by atoms with E-state index in [4.69, 9.17) is 5.10 Å². The Kier molecular flexibility index (Phi) is 9.13. The van der Waals surface area contributed by atoms with Crippen LogP contribution in [0.4, 0.5) is 0 Å². The fraction of sp³-hybridized carbons (Fsp3) is 0.900. The van der Waals surface area contributed by atoms with Crippen molar-refractivity contribution in [3.63, 3.8) is 0 Å². The molecule has 0 N–H and O–H groups in total. The zero-order chi connectivity index (χ0) is 17.3. The van der Waals surface area contributed by atoms with Crippen LogP contribution in [0.25, 0.3) is 0 Å². The van der Waals surface area contributed by atoms with E-state index in [1.54, 1.807) is 0 Å². The molecule has 1 saturated carbocycles. The Morgan fingerprint density at radius 1 is 0.917 bits per heavy atom. The summed E-state index contributed by atoms with van der Waals surface area (Å²) in [6.45, 7) is 7.03. The second-order valence-electron chi connectivity index (χ2n) is 7.97. The van der Waals surface area contributed by atoms with Gasteiger partial charge in [0.25, 0.3) is 0 Å². The van der Waals surface area contributed by atoms with E-state index in [-0.39, 0.29) is 0 Å². The van der Waals surface area contributed by atoms with E-state index in [1.807, 2.05) is 0 Å². The van der Waals surface area contributed by atoms with Crippen LogP contribution in [-0.2, 0) is 0 Å². The average molecular weight is 440 g/mol. The fourth-order valence-corrected chi connectivity index (χ4v) is 19.4. The van der Waals surface area contributed by atoms with Gasteiger partial charge in [0.1, 0.15) is 0 Å². The molecule has 0 atom stereocenters. The first-order valence-corrected chi connectivity index (χ1v) is 18.2. The molecular formula is C20H39N3Sn. The van der Waals surface area contributed by atoms with E-state index in [0.717, 1.165) is 0 Å². The molecule has 0 unspecified atom stereocenters. The van der Waals surface area contributed by atoms with Gasteiger partial charge in [0.05, 0.1) is 0 Å². The SMILES string of the molecule is CCC[CH2][Sn]([CH2]CCC)([CH2]CCC)[c]1cn(C2CCCCC2)nn1. The first kappa shape index (κ1) is 20.3. The van der Waals surface area contributed by atoms with Gasteiger partial charge in [-0.15, -0.1) is 0 Å². The Bertz CT molecular complexity index is 430. The number of unbranched alkanes of at least 4 members (excludes halogenated alkanes) is 3. The zero-order valence-corrected chi connectivity index (χ0v) is 19.2. The van der Waals surface area contributed by atoms with Crippen LogP contribution in [0.3, 0.4) is 0 Å². The number of hydrogen-bond acceptors (Lipinski definition) is 2. The quantitative estimate of drug-likeness (QED) is 0.405. The van der Waals surface area contributed by atoms with Crippen LogP contribution >= 0.6 is 0 Å². The van der Waals surface area contributed by atoms with E-state index >= 15 is 0 Å². The molecule has 1 aromatic rings. The molecule has 138 valence electrons. The number of hydrogen-bond donors (Lipinski definition) is 0. The summed E-state index contributed by atoms with van der Waals surface area (Å²) in [5, 5.41) is 9.48. The third-order valence-electron chi connectivity index (χ3n) is 6.03. The molecule has 1 aromatic heterocycles. The number of rotatable bonds is 11. The molecule has 1 fully saturated rings. The van der Waals surface area contributed by atoms with Gasteiger partial charge in [-0.1, -0.05) is 0 Å². The summed E-state index contributed by atoms with van der Waals surface area (Å²) in [6, 6.07) is 0.632. The molecule has 1 aliphatic rings. The molecule has 0 saturated heterocycles. The molecule has 2 rings (SSSR count). The van der Waals surface area contributed by atoms with Gasteiger partial charge in [0, 0.05) is 0 Å². The van der Waals surface area contributed by atoms with Crippen LogP contribution in [0.5, 0.6) is 0 Å². The monoisotopic (exact) mass is 441 g/mol. The molecule has 0 spiro atoms. The number of aromatic nitrogens is 3. The molecule has 1 heterocycles. The maximum absolute atomic E-state index is 4.83. The Morgan fingerprint density at radius 3 is 1.96 bits per heavy atom. The standard InChI is InChI=1S/C8H12N3.3C4H9.Sn/c1-2-4-8(5-3-1)11-7-6-9-10-11;3*1-3-4-2;/h7-8H,1-5H2;3*1,3-4H2,2H3;. The summed E-state index contributed by atoms with van der Waals surface area (Å²) in [5.41, 5.74) is 0. The van der Waals surface area contributed by atoms with Crippen molar-refractivity contribution in [2.75, 3.05) is 0 Å². The van der Waals surface area contributed by atoms with Gasteiger partial charge in [-0.25, -0.2) is 0 Å². The molecule has 24 heavy (non-hydrogen) atoms. The summed E-state index contributed by atoms with van der Waals surface area (Å²) in [4.78, 5) is 0. The van der Waals surface area contributed by atoms with Crippen molar-refractivity contribution < 1.29 is 0 Å². The van der Waals surface area contributed by atoms with E-state index in [0.29, 0.717) is 6.04 Å². The zero-order valence-electron chi connectivity index (χ0n) is 16.4. The third-order valence-corrected chi connectivity index (χ3v) is 21.0. The molecule has 0 amide bonds. The Hall–Kier alpha value is -0.0613.